The molecule has 1 atom stereocenters. The number of nitrogens with two attached hydrogens (primary N) is 1. The lowest BCUT2D eigenvalue weighted by Crippen LogP contribution is -2.53. The summed E-state index contributed by atoms with van der Waals surface area (Å²) in [6, 6.07) is 6.04. The van der Waals surface area contributed by atoms with Crippen LogP contribution in [0.3, 0.4) is 0 Å². The van der Waals surface area contributed by atoms with Gasteiger partial charge in [0.05, 0.1) is 5.56 Å². The molecule has 0 aromatic heterocycles. The number of amides is 1. The van der Waals surface area contributed by atoms with Crippen LogP contribution in [0.25, 0.3) is 0 Å². The Hall–Kier alpha value is -1.55. The van der Waals surface area contributed by atoms with Gasteiger partial charge < -0.3 is 10.6 Å². The first kappa shape index (κ1) is 13.9. The Balaban J connectivity index is 2.17. The zero-order chi connectivity index (χ0) is 14.0. The number of rotatable bonds is 2. The van der Waals surface area contributed by atoms with Crippen molar-refractivity contribution in [2.24, 2.45) is 0 Å². The van der Waals surface area contributed by atoms with E-state index in [1.807, 2.05) is 24.0 Å². The zero-order valence-electron chi connectivity index (χ0n) is 12.0. The van der Waals surface area contributed by atoms with Gasteiger partial charge in [-0.05, 0) is 32.0 Å². The number of likely N-dealkylation sites (N-methyl/N-ethyl adjacent to an activating group) is 1. The molecule has 1 aliphatic heterocycles. The first-order valence-corrected chi connectivity index (χ1v) is 6.93. The van der Waals surface area contributed by atoms with Crippen LogP contribution in [0, 0.1) is 6.92 Å². The van der Waals surface area contributed by atoms with E-state index in [1.165, 1.54) is 0 Å². The minimum Gasteiger partial charge on any atom is -0.398 e. The first-order valence-electron chi connectivity index (χ1n) is 6.93. The SMILES string of the molecule is CCN1CCN(C(=O)c2c(C)cccc2N)CC1C. The molecule has 1 heterocycles. The number of hydrogen-bond acceptors (Lipinski definition) is 3. The summed E-state index contributed by atoms with van der Waals surface area (Å²) in [7, 11) is 0. The molecule has 19 heavy (non-hydrogen) atoms. The van der Waals surface area contributed by atoms with E-state index in [0.717, 1.165) is 31.7 Å². The highest BCUT2D eigenvalue weighted by molar-refractivity contribution is 6.00. The zero-order valence-corrected chi connectivity index (χ0v) is 12.0. The van der Waals surface area contributed by atoms with Crippen molar-refractivity contribution in [3.8, 4) is 0 Å². The number of hydrogen-bond donors (Lipinski definition) is 1. The molecular formula is C15H23N3O. The highest BCUT2D eigenvalue weighted by Crippen LogP contribution is 2.20. The number of anilines is 1. The van der Waals surface area contributed by atoms with Crippen LogP contribution in [-0.2, 0) is 0 Å². The summed E-state index contributed by atoms with van der Waals surface area (Å²) in [4.78, 5) is 16.9. The van der Waals surface area contributed by atoms with Gasteiger partial charge in [-0.2, -0.15) is 0 Å². The fourth-order valence-corrected chi connectivity index (χ4v) is 2.79. The molecular weight excluding hydrogens is 238 g/mol. The maximum Gasteiger partial charge on any atom is 0.256 e. The topological polar surface area (TPSA) is 49.6 Å². The molecule has 2 rings (SSSR count). The molecule has 1 aliphatic rings. The average Bonchev–Trinajstić information content (AvgIpc) is 2.38. The van der Waals surface area contributed by atoms with Gasteiger partial charge in [-0.3, -0.25) is 9.69 Å². The number of aryl methyl sites for hydroxylation is 1. The van der Waals surface area contributed by atoms with Crippen LogP contribution >= 0.6 is 0 Å². The van der Waals surface area contributed by atoms with Gasteiger partial charge in [-0.15, -0.1) is 0 Å². The Kier molecular flexibility index (Phi) is 4.10. The van der Waals surface area contributed by atoms with Gasteiger partial charge in [0.1, 0.15) is 0 Å². The van der Waals surface area contributed by atoms with Gasteiger partial charge >= 0.3 is 0 Å². The fourth-order valence-electron chi connectivity index (χ4n) is 2.79. The van der Waals surface area contributed by atoms with Crippen molar-refractivity contribution in [1.82, 2.24) is 9.80 Å². The fraction of sp³-hybridized carbons (Fsp3) is 0.533. The molecule has 0 spiro atoms. The number of nitrogen functional groups attached to an aromatic ring is 1. The Bertz CT molecular complexity index is 452. The average molecular weight is 261 g/mol. The molecule has 1 unspecified atom stereocenters. The summed E-state index contributed by atoms with van der Waals surface area (Å²) in [6.07, 6.45) is 0. The third kappa shape index (κ3) is 2.73. The molecule has 1 aromatic carbocycles. The Morgan fingerprint density at radius 1 is 1.42 bits per heavy atom. The van der Waals surface area contributed by atoms with E-state index in [4.69, 9.17) is 5.73 Å². The van der Waals surface area contributed by atoms with Gasteiger partial charge in [0.2, 0.25) is 0 Å². The van der Waals surface area contributed by atoms with E-state index in [-0.39, 0.29) is 5.91 Å². The van der Waals surface area contributed by atoms with Gasteiger partial charge in [0.15, 0.2) is 0 Å². The molecule has 0 aliphatic carbocycles. The lowest BCUT2D eigenvalue weighted by atomic mass is 10.0. The van der Waals surface area contributed by atoms with Crippen LogP contribution in [0.4, 0.5) is 5.69 Å². The van der Waals surface area contributed by atoms with Gasteiger partial charge in [0, 0.05) is 31.4 Å². The Labute approximate surface area is 115 Å². The summed E-state index contributed by atoms with van der Waals surface area (Å²) in [6.45, 7) is 9.81. The van der Waals surface area contributed by atoms with Gasteiger partial charge in [-0.1, -0.05) is 19.1 Å². The predicted octanol–water partition coefficient (Wildman–Crippen LogP) is 1.74. The molecule has 1 fully saturated rings. The standard InChI is InChI=1S/C15H23N3O/c1-4-17-8-9-18(10-12(17)3)15(19)14-11(2)6-5-7-13(14)16/h5-7,12H,4,8-10,16H2,1-3H3. The largest absolute Gasteiger partial charge is 0.398 e. The monoisotopic (exact) mass is 261 g/mol. The summed E-state index contributed by atoms with van der Waals surface area (Å²) in [5.41, 5.74) is 8.16. The van der Waals surface area contributed by atoms with E-state index in [2.05, 4.69) is 18.7 Å². The molecule has 2 N–H and O–H groups in total. The summed E-state index contributed by atoms with van der Waals surface area (Å²) in [5.74, 6) is 0.0678. The summed E-state index contributed by atoms with van der Waals surface area (Å²) in [5, 5.41) is 0. The van der Waals surface area contributed by atoms with Crippen molar-refractivity contribution in [2.75, 3.05) is 31.9 Å². The van der Waals surface area contributed by atoms with Crippen LogP contribution in [0.5, 0.6) is 0 Å². The summed E-state index contributed by atoms with van der Waals surface area (Å²) < 4.78 is 0. The first-order chi connectivity index (χ1) is 9.04. The van der Waals surface area contributed by atoms with E-state index in [1.54, 1.807) is 6.07 Å². The maximum atomic E-state index is 12.6. The molecule has 1 saturated heterocycles. The smallest absolute Gasteiger partial charge is 0.256 e. The molecule has 0 radical (unpaired) electrons. The van der Waals surface area contributed by atoms with E-state index in [9.17, 15) is 4.79 Å². The second kappa shape index (κ2) is 5.61. The lowest BCUT2D eigenvalue weighted by molar-refractivity contribution is 0.0528. The van der Waals surface area contributed by atoms with Crippen molar-refractivity contribution >= 4 is 11.6 Å². The van der Waals surface area contributed by atoms with Crippen LogP contribution < -0.4 is 5.73 Å². The lowest BCUT2D eigenvalue weighted by Gasteiger charge is -2.39. The number of nitrogens with zero attached hydrogens (tertiary/aromatic N) is 2. The minimum atomic E-state index is 0.0678. The van der Waals surface area contributed by atoms with Crippen LogP contribution in [0.15, 0.2) is 18.2 Å². The Morgan fingerprint density at radius 3 is 2.74 bits per heavy atom. The molecule has 4 heteroatoms. The predicted molar refractivity (Wildman–Crippen MR) is 78.2 cm³/mol. The number of carbonyl (C=O) groups is 1. The maximum absolute atomic E-state index is 12.6. The van der Waals surface area contributed by atoms with Crippen LogP contribution in [-0.4, -0.2) is 47.9 Å². The second-order valence-corrected chi connectivity index (χ2v) is 5.27. The van der Waals surface area contributed by atoms with Crippen molar-refractivity contribution in [2.45, 2.75) is 26.8 Å². The van der Waals surface area contributed by atoms with Gasteiger partial charge in [-0.25, -0.2) is 0 Å². The van der Waals surface area contributed by atoms with Crippen molar-refractivity contribution in [1.29, 1.82) is 0 Å². The van der Waals surface area contributed by atoms with Crippen LogP contribution in [0.1, 0.15) is 29.8 Å². The normalized spacial score (nSPS) is 20.6. The molecule has 1 aromatic rings. The quantitative estimate of drug-likeness (QED) is 0.825. The highest BCUT2D eigenvalue weighted by Gasteiger charge is 2.27. The third-order valence-corrected chi connectivity index (χ3v) is 3.98. The van der Waals surface area contributed by atoms with E-state index >= 15 is 0 Å². The molecule has 0 saturated carbocycles. The van der Waals surface area contributed by atoms with E-state index < -0.39 is 0 Å². The summed E-state index contributed by atoms with van der Waals surface area (Å²) >= 11 is 0. The molecule has 0 bridgehead atoms. The number of carbonyl (C=O) groups excluding carboxylic acids is 1. The highest BCUT2D eigenvalue weighted by atomic mass is 16.2. The Morgan fingerprint density at radius 2 is 2.16 bits per heavy atom. The second-order valence-electron chi connectivity index (χ2n) is 5.27. The number of benzene rings is 1. The van der Waals surface area contributed by atoms with Crippen molar-refractivity contribution in [3.05, 3.63) is 29.3 Å². The molecule has 104 valence electrons. The molecule has 1 amide bonds. The van der Waals surface area contributed by atoms with Gasteiger partial charge in [0.25, 0.3) is 5.91 Å². The van der Waals surface area contributed by atoms with E-state index in [0.29, 0.717) is 17.3 Å². The van der Waals surface area contributed by atoms with Crippen molar-refractivity contribution < 1.29 is 4.79 Å². The minimum absolute atomic E-state index is 0.0678. The third-order valence-electron chi connectivity index (χ3n) is 3.98. The molecule has 4 nitrogen and oxygen atoms in total. The van der Waals surface area contributed by atoms with Crippen molar-refractivity contribution in [3.63, 3.8) is 0 Å². The number of piperazine rings is 1. The van der Waals surface area contributed by atoms with Crippen LogP contribution in [0.2, 0.25) is 0 Å².